The molecule has 4 nitrogen and oxygen atoms in total. The first-order valence-electron chi connectivity index (χ1n) is 8.53. The number of rotatable bonds is 5. The Bertz CT molecular complexity index is 706. The molecule has 1 aliphatic heterocycles. The number of benzene rings is 2. The summed E-state index contributed by atoms with van der Waals surface area (Å²) in [7, 11) is 1.60. The topological polar surface area (TPSA) is 52.9 Å². The van der Waals surface area contributed by atoms with Crippen molar-refractivity contribution in [1.82, 2.24) is 4.90 Å². The minimum Gasteiger partial charge on any atom is -0.496 e. The lowest BCUT2D eigenvalue weighted by Crippen LogP contribution is -2.47. The van der Waals surface area contributed by atoms with Gasteiger partial charge in [-0.3, -0.25) is 4.90 Å². The van der Waals surface area contributed by atoms with Crippen LogP contribution in [0, 0.1) is 5.82 Å². The highest BCUT2D eigenvalue weighted by molar-refractivity contribution is 5.38. The third kappa shape index (κ3) is 4.00. The molecule has 1 saturated heterocycles. The van der Waals surface area contributed by atoms with Gasteiger partial charge in [-0.1, -0.05) is 30.3 Å². The molecule has 1 fully saturated rings. The summed E-state index contributed by atoms with van der Waals surface area (Å²) >= 11 is 0. The number of aliphatic hydroxyl groups is 2. The quantitative estimate of drug-likeness (QED) is 0.875. The van der Waals surface area contributed by atoms with Gasteiger partial charge >= 0.3 is 0 Å². The lowest BCUT2D eigenvalue weighted by Gasteiger charge is -2.40. The van der Waals surface area contributed by atoms with Crippen LogP contribution >= 0.6 is 0 Å². The molecule has 2 aromatic carbocycles. The predicted octanol–water partition coefficient (Wildman–Crippen LogP) is 2.85. The van der Waals surface area contributed by atoms with E-state index >= 15 is 0 Å². The number of halogens is 1. The summed E-state index contributed by atoms with van der Waals surface area (Å²) in [6.07, 6.45) is 0.752. The standard InChI is InChI=1S/C20H24FNO3/c1-25-19-6-3-2-5-17(19)20(24)11-4-12-22(14-20)13-18(23)15-7-9-16(21)10-8-15/h2-3,5-10,18,23-24H,4,11-14H2,1H3/t18-,20+/m1/s1. The number of hydrogen-bond acceptors (Lipinski definition) is 4. The molecule has 0 aromatic heterocycles. The average Bonchev–Trinajstić information content (AvgIpc) is 2.62. The molecule has 2 N–H and O–H groups in total. The van der Waals surface area contributed by atoms with Gasteiger partial charge in [0.1, 0.15) is 17.2 Å². The van der Waals surface area contributed by atoms with Crippen LogP contribution in [0.1, 0.15) is 30.1 Å². The fourth-order valence-corrected chi connectivity index (χ4v) is 3.56. The first-order valence-corrected chi connectivity index (χ1v) is 8.53. The van der Waals surface area contributed by atoms with Crippen molar-refractivity contribution in [1.29, 1.82) is 0 Å². The first-order chi connectivity index (χ1) is 12.0. The third-order valence-corrected chi connectivity index (χ3v) is 4.84. The van der Waals surface area contributed by atoms with Gasteiger partial charge in [-0.25, -0.2) is 4.39 Å². The maximum Gasteiger partial charge on any atom is 0.124 e. The molecule has 0 amide bonds. The second kappa shape index (κ2) is 7.52. The van der Waals surface area contributed by atoms with E-state index in [2.05, 4.69) is 0 Å². The highest BCUT2D eigenvalue weighted by Gasteiger charge is 2.37. The minimum absolute atomic E-state index is 0.320. The Morgan fingerprint density at radius 1 is 1.20 bits per heavy atom. The number of para-hydroxylation sites is 1. The van der Waals surface area contributed by atoms with Crippen LogP contribution < -0.4 is 4.74 Å². The smallest absolute Gasteiger partial charge is 0.124 e. The number of hydrogen-bond donors (Lipinski definition) is 2. The van der Waals surface area contributed by atoms with Crippen LogP contribution in [0.5, 0.6) is 5.75 Å². The van der Waals surface area contributed by atoms with Crippen molar-refractivity contribution in [2.45, 2.75) is 24.5 Å². The van der Waals surface area contributed by atoms with Gasteiger partial charge in [0.2, 0.25) is 0 Å². The van der Waals surface area contributed by atoms with Gasteiger partial charge in [0, 0.05) is 18.7 Å². The summed E-state index contributed by atoms with van der Waals surface area (Å²) in [5.74, 6) is 0.352. The Hall–Kier alpha value is -1.95. The van der Waals surface area contributed by atoms with Gasteiger partial charge in [0.05, 0.1) is 13.2 Å². The highest BCUT2D eigenvalue weighted by atomic mass is 19.1. The second-order valence-electron chi connectivity index (χ2n) is 6.64. The van der Waals surface area contributed by atoms with Gasteiger partial charge < -0.3 is 14.9 Å². The minimum atomic E-state index is -1.01. The summed E-state index contributed by atoms with van der Waals surface area (Å²) in [5, 5.41) is 21.6. The molecule has 0 aliphatic carbocycles. The molecule has 5 heteroatoms. The Morgan fingerprint density at radius 2 is 1.92 bits per heavy atom. The number of piperidine rings is 1. The Balaban J connectivity index is 1.73. The van der Waals surface area contributed by atoms with Crippen LogP contribution in [0.25, 0.3) is 0 Å². The molecule has 2 atom stereocenters. The fourth-order valence-electron chi connectivity index (χ4n) is 3.56. The Morgan fingerprint density at radius 3 is 2.64 bits per heavy atom. The molecule has 0 bridgehead atoms. The first kappa shape index (κ1) is 17.9. The van der Waals surface area contributed by atoms with E-state index in [1.165, 1.54) is 12.1 Å². The van der Waals surface area contributed by atoms with Crippen LogP contribution in [0.15, 0.2) is 48.5 Å². The van der Waals surface area contributed by atoms with E-state index < -0.39 is 11.7 Å². The van der Waals surface area contributed by atoms with Crippen molar-refractivity contribution in [3.05, 3.63) is 65.5 Å². The summed E-state index contributed by atoms with van der Waals surface area (Å²) in [6.45, 7) is 1.62. The zero-order valence-corrected chi connectivity index (χ0v) is 14.4. The van der Waals surface area contributed by atoms with E-state index in [1.807, 2.05) is 29.2 Å². The van der Waals surface area contributed by atoms with E-state index in [9.17, 15) is 14.6 Å². The maximum absolute atomic E-state index is 13.0. The normalized spacial score (nSPS) is 22.6. The highest BCUT2D eigenvalue weighted by Crippen LogP contribution is 2.37. The number of aliphatic hydroxyl groups excluding tert-OH is 1. The molecule has 134 valence electrons. The van der Waals surface area contributed by atoms with E-state index in [4.69, 9.17) is 4.74 Å². The molecule has 0 saturated carbocycles. The molecule has 2 aromatic rings. The summed E-state index contributed by atoms with van der Waals surface area (Å²) in [4.78, 5) is 2.05. The zero-order chi connectivity index (χ0) is 17.9. The second-order valence-corrected chi connectivity index (χ2v) is 6.64. The zero-order valence-electron chi connectivity index (χ0n) is 14.4. The number of likely N-dealkylation sites (tertiary alicyclic amines) is 1. The van der Waals surface area contributed by atoms with Crippen molar-refractivity contribution in [3.63, 3.8) is 0 Å². The maximum atomic E-state index is 13.0. The van der Waals surface area contributed by atoms with E-state index in [0.29, 0.717) is 30.8 Å². The van der Waals surface area contributed by atoms with Gasteiger partial charge in [-0.15, -0.1) is 0 Å². The van der Waals surface area contributed by atoms with Crippen LogP contribution in [-0.2, 0) is 5.60 Å². The Kier molecular flexibility index (Phi) is 5.37. The number of nitrogens with zero attached hydrogens (tertiary/aromatic N) is 1. The van der Waals surface area contributed by atoms with Crippen molar-refractivity contribution >= 4 is 0 Å². The number of ether oxygens (including phenoxy) is 1. The third-order valence-electron chi connectivity index (χ3n) is 4.84. The molecule has 25 heavy (non-hydrogen) atoms. The molecule has 0 radical (unpaired) electrons. The molecule has 0 unspecified atom stereocenters. The molecule has 0 spiro atoms. The van der Waals surface area contributed by atoms with E-state index in [-0.39, 0.29) is 5.82 Å². The van der Waals surface area contributed by atoms with Crippen LogP contribution in [-0.4, -0.2) is 41.9 Å². The van der Waals surface area contributed by atoms with Gasteiger partial charge in [-0.05, 0) is 43.1 Å². The van der Waals surface area contributed by atoms with Crippen molar-refractivity contribution < 1.29 is 19.3 Å². The molecule has 1 aliphatic rings. The Labute approximate surface area is 147 Å². The largest absolute Gasteiger partial charge is 0.496 e. The molecule has 1 heterocycles. The fraction of sp³-hybridized carbons (Fsp3) is 0.400. The van der Waals surface area contributed by atoms with Crippen molar-refractivity contribution in [3.8, 4) is 5.75 Å². The number of methoxy groups -OCH3 is 1. The molecular weight excluding hydrogens is 321 g/mol. The summed E-state index contributed by atoms with van der Waals surface area (Å²) in [6, 6.07) is 13.4. The lowest BCUT2D eigenvalue weighted by atomic mass is 9.85. The van der Waals surface area contributed by atoms with E-state index in [1.54, 1.807) is 19.2 Å². The predicted molar refractivity (Wildman–Crippen MR) is 93.9 cm³/mol. The summed E-state index contributed by atoms with van der Waals surface area (Å²) in [5.41, 5.74) is 0.444. The van der Waals surface area contributed by atoms with E-state index in [0.717, 1.165) is 18.5 Å². The van der Waals surface area contributed by atoms with Crippen LogP contribution in [0.2, 0.25) is 0 Å². The van der Waals surface area contributed by atoms with Gasteiger partial charge in [-0.2, -0.15) is 0 Å². The van der Waals surface area contributed by atoms with Crippen molar-refractivity contribution in [2.24, 2.45) is 0 Å². The molecule has 3 rings (SSSR count). The molecular formula is C20H24FNO3. The number of β-amino-alcohol motifs (C(OH)–C–C–N with tert-alkyl or cyclic N) is 2. The average molecular weight is 345 g/mol. The van der Waals surface area contributed by atoms with Gasteiger partial charge in [0.25, 0.3) is 0 Å². The lowest BCUT2D eigenvalue weighted by molar-refractivity contribution is -0.0474. The SMILES string of the molecule is COc1ccccc1[C@]1(O)CCCN(C[C@@H](O)c2ccc(F)cc2)C1. The monoisotopic (exact) mass is 345 g/mol. The summed E-state index contributed by atoms with van der Waals surface area (Å²) < 4.78 is 18.4. The van der Waals surface area contributed by atoms with Crippen molar-refractivity contribution in [2.75, 3.05) is 26.7 Å². The van der Waals surface area contributed by atoms with Crippen LogP contribution in [0.3, 0.4) is 0 Å². The van der Waals surface area contributed by atoms with Gasteiger partial charge in [0.15, 0.2) is 0 Å². The van der Waals surface area contributed by atoms with Crippen LogP contribution in [0.4, 0.5) is 4.39 Å².